The van der Waals surface area contributed by atoms with E-state index in [1.54, 1.807) is 24.4 Å². The third-order valence-electron chi connectivity index (χ3n) is 1.72. The topological polar surface area (TPSA) is 55.6 Å². The average molecular weight is 156 g/mol. The molecule has 2 N–H and O–H groups in total. The van der Waals surface area contributed by atoms with E-state index in [-0.39, 0.29) is 11.9 Å². The van der Waals surface area contributed by atoms with Crippen LogP contribution in [-0.2, 0) is 9.53 Å². The van der Waals surface area contributed by atoms with Gasteiger partial charge in [0, 0.05) is 19.7 Å². The van der Waals surface area contributed by atoms with Gasteiger partial charge in [-0.3, -0.25) is 4.79 Å². The first-order valence-electron chi connectivity index (χ1n) is 3.51. The minimum absolute atomic E-state index is 0.228. The van der Waals surface area contributed by atoms with E-state index in [0.29, 0.717) is 13.0 Å². The predicted octanol–water partition coefficient (Wildman–Crippen LogP) is -0.336. The Labute approximate surface area is 65.6 Å². The number of nitrogens with zero attached hydrogens (tertiary/aromatic N) is 1. The van der Waals surface area contributed by atoms with Crippen LogP contribution in [0.3, 0.4) is 0 Å². The maximum Gasteiger partial charge on any atom is 0.240 e. The van der Waals surface area contributed by atoms with Crippen molar-refractivity contribution in [2.45, 2.75) is 12.5 Å². The van der Waals surface area contributed by atoms with Gasteiger partial charge in [0.25, 0.3) is 0 Å². The molecule has 0 spiro atoms. The van der Waals surface area contributed by atoms with Crippen molar-refractivity contribution in [3.63, 3.8) is 0 Å². The second-order valence-corrected chi connectivity index (χ2v) is 2.53. The van der Waals surface area contributed by atoms with E-state index in [1.807, 2.05) is 0 Å². The number of nitrogens with two attached hydrogens (primary N) is 1. The fraction of sp³-hybridized carbons (Fsp3) is 0.571. The third kappa shape index (κ3) is 1.86. The van der Waals surface area contributed by atoms with Crippen LogP contribution in [0.5, 0.6) is 0 Å². The van der Waals surface area contributed by atoms with E-state index in [9.17, 15) is 4.79 Å². The molecule has 0 aromatic rings. The summed E-state index contributed by atoms with van der Waals surface area (Å²) < 4.78 is 5.02. The van der Waals surface area contributed by atoms with Gasteiger partial charge in [0.15, 0.2) is 0 Å². The summed E-state index contributed by atoms with van der Waals surface area (Å²) in [4.78, 5) is 12.6. The van der Waals surface area contributed by atoms with Crippen LogP contribution in [-0.4, -0.2) is 30.5 Å². The van der Waals surface area contributed by atoms with Gasteiger partial charge >= 0.3 is 0 Å². The number of hydrogen-bond donors (Lipinski definition) is 1. The van der Waals surface area contributed by atoms with Gasteiger partial charge in [0.1, 0.15) is 6.04 Å². The highest BCUT2D eigenvalue weighted by Gasteiger charge is 2.19. The summed E-state index contributed by atoms with van der Waals surface area (Å²) in [6.07, 6.45) is 3.93. The number of carbonyl (C=O) groups excluding carboxylic acids is 1. The maximum atomic E-state index is 10.8. The molecule has 1 heterocycles. The first kappa shape index (κ1) is 7.91. The van der Waals surface area contributed by atoms with Crippen LogP contribution < -0.4 is 5.73 Å². The molecular formula is C7H12N2O2. The van der Waals surface area contributed by atoms with Gasteiger partial charge in [-0.15, -0.1) is 0 Å². The predicted molar refractivity (Wildman–Crippen MR) is 40.5 cm³/mol. The van der Waals surface area contributed by atoms with Crippen molar-refractivity contribution in [2.24, 2.45) is 5.73 Å². The molecule has 0 saturated carbocycles. The molecular weight excluding hydrogens is 144 g/mol. The molecule has 0 saturated heterocycles. The number of ether oxygens (including phenoxy) is 1. The summed E-state index contributed by atoms with van der Waals surface area (Å²) in [5.74, 6) is -0.303. The number of hydrogen-bond acceptors (Lipinski definition) is 3. The second-order valence-electron chi connectivity index (χ2n) is 2.53. The molecule has 0 aliphatic carbocycles. The van der Waals surface area contributed by atoms with Crippen LogP contribution in [0.4, 0.5) is 0 Å². The van der Waals surface area contributed by atoms with E-state index >= 15 is 0 Å². The van der Waals surface area contributed by atoms with Gasteiger partial charge in [0.2, 0.25) is 5.91 Å². The lowest BCUT2D eigenvalue weighted by atomic mass is 10.2. The molecule has 0 radical (unpaired) electrons. The van der Waals surface area contributed by atoms with Gasteiger partial charge in [-0.1, -0.05) is 0 Å². The highest BCUT2D eigenvalue weighted by Crippen LogP contribution is 2.06. The Kier molecular flexibility index (Phi) is 2.36. The lowest BCUT2D eigenvalue weighted by Crippen LogP contribution is -2.39. The second kappa shape index (κ2) is 3.27. The maximum absolute atomic E-state index is 10.8. The molecule has 1 aliphatic heterocycles. The molecule has 0 aromatic carbocycles. The van der Waals surface area contributed by atoms with Crippen molar-refractivity contribution in [3.05, 3.63) is 12.5 Å². The van der Waals surface area contributed by atoms with E-state index in [1.165, 1.54) is 0 Å². The van der Waals surface area contributed by atoms with Gasteiger partial charge in [0.05, 0.1) is 12.9 Å². The van der Waals surface area contributed by atoms with Gasteiger partial charge in [-0.05, 0) is 0 Å². The zero-order chi connectivity index (χ0) is 8.27. The average Bonchev–Trinajstić information content (AvgIpc) is 2.13. The van der Waals surface area contributed by atoms with Crippen molar-refractivity contribution in [1.82, 2.24) is 4.90 Å². The van der Waals surface area contributed by atoms with Crippen molar-refractivity contribution >= 4 is 5.91 Å². The van der Waals surface area contributed by atoms with E-state index in [0.717, 1.165) is 0 Å². The summed E-state index contributed by atoms with van der Waals surface area (Å²) in [6.45, 7) is 0.550. The summed E-state index contributed by atoms with van der Waals surface area (Å²) in [5.41, 5.74) is 5.16. The van der Waals surface area contributed by atoms with Crippen molar-refractivity contribution in [3.8, 4) is 0 Å². The quantitative estimate of drug-likeness (QED) is 0.565. The number of likely N-dealkylation sites (N-methyl/N-ethyl adjacent to an activating group) is 1. The Morgan fingerprint density at radius 1 is 1.82 bits per heavy atom. The SMILES string of the molecule is CN1C=COCC[C@@H]1C(N)=O. The molecule has 62 valence electrons. The number of primary amides is 1. The molecule has 0 fully saturated rings. The van der Waals surface area contributed by atoms with Crippen LogP contribution in [0.15, 0.2) is 12.5 Å². The summed E-state index contributed by atoms with van der Waals surface area (Å²) >= 11 is 0. The van der Waals surface area contributed by atoms with Crippen molar-refractivity contribution in [1.29, 1.82) is 0 Å². The smallest absolute Gasteiger partial charge is 0.240 e. The Balaban J connectivity index is 2.62. The Hall–Kier alpha value is -1.19. The van der Waals surface area contributed by atoms with Crippen molar-refractivity contribution in [2.75, 3.05) is 13.7 Å². The zero-order valence-corrected chi connectivity index (χ0v) is 6.49. The first-order valence-corrected chi connectivity index (χ1v) is 3.51. The monoisotopic (exact) mass is 156 g/mol. The number of amides is 1. The molecule has 1 rings (SSSR count). The number of carbonyl (C=O) groups is 1. The van der Waals surface area contributed by atoms with E-state index in [2.05, 4.69) is 0 Å². The summed E-state index contributed by atoms with van der Waals surface area (Å²) in [6, 6.07) is -0.228. The van der Waals surface area contributed by atoms with Crippen LogP contribution in [0.25, 0.3) is 0 Å². The molecule has 4 heteroatoms. The largest absolute Gasteiger partial charge is 0.500 e. The molecule has 4 nitrogen and oxygen atoms in total. The van der Waals surface area contributed by atoms with Crippen LogP contribution in [0.2, 0.25) is 0 Å². The molecule has 0 unspecified atom stereocenters. The molecule has 1 aliphatic rings. The molecule has 11 heavy (non-hydrogen) atoms. The zero-order valence-electron chi connectivity index (χ0n) is 6.49. The first-order chi connectivity index (χ1) is 5.22. The number of rotatable bonds is 1. The molecule has 0 bridgehead atoms. The summed E-state index contributed by atoms with van der Waals surface area (Å²) in [5, 5.41) is 0. The standard InChI is InChI=1S/C7H12N2O2/c1-9-3-5-11-4-2-6(9)7(8)10/h3,5-6H,2,4H2,1H3,(H2,8,10)/t6-/m1/s1. The Morgan fingerprint density at radius 2 is 2.55 bits per heavy atom. The van der Waals surface area contributed by atoms with Crippen LogP contribution in [0, 0.1) is 0 Å². The van der Waals surface area contributed by atoms with E-state index in [4.69, 9.17) is 10.5 Å². The lowest BCUT2D eigenvalue weighted by Gasteiger charge is -2.20. The van der Waals surface area contributed by atoms with Crippen LogP contribution in [0.1, 0.15) is 6.42 Å². The van der Waals surface area contributed by atoms with Gasteiger partial charge in [-0.25, -0.2) is 0 Å². The van der Waals surface area contributed by atoms with Crippen molar-refractivity contribution < 1.29 is 9.53 Å². The molecule has 0 aromatic heterocycles. The third-order valence-corrected chi connectivity index (χ3v) is 1.72. The Bertz CT molecular complexity index is 179. The molecule has 1 amide bonds. The highest BCUT2D eigenvalue weighted by molar-refractivity contribution is 5.79. The Morgan fingerprint density at radius 3 is 3.18 bits per heavy atom. The fourth-order valence-electron chi connectivity index (χ4n) is 1.04. The summed E-state index contributed by atoms with van der Waals surface area (Å²) in [7, 11) is 1.81. The fourth-order valence-corrected chi connectivity index (χ4v) is 1.04. The van der Waals surface area contributed by atoms with E-state index < -0.39 is 0 Å². The minimum atomic E-state index is -0.303. The highest BCUT2D eigenvalue weighted by atomic mass is 16.5. The lowest BCUT2D eigenvalue weighted by molar-refractivity contribution is -0.122. The normalized spacial score (nSPS) is 24.1. The van der Waals surface area contributed by atoms with Gasteiger partial charge in [-0.2, -0.15) is 0 Å². The molecule has 1 atom stereocenters. The van der Waals surface area contributed by atoms with Gasteiger partial charge < -0.3 is 15.4 Å². The minimum Gasteiger partial charge on any atom is -0.500 e. The van der Waals surface area contributed by atoms with Crippen LogP contribution >= 0.6 is 0 Å².